The predicted molar refractivity (Wildman–Crippen MR) is 80.6 cm³/mol. The van der Waals surface area contributed by atoms with E-state index < -0.39 is 17.2 Å². The lowest BCUT2D eigenvalue weighted by atomic mass is 9.66. The number of rotatable bonds is 3. The average Bonchev–Trinajstić information content (AvgIpc) is 2.46. The number of halogens is 3. The van der Waals surface area contributed by atoms with E-state index in [9.17, 15) is 18.0 Å². The van der Waals surface area contributed by atoms with Gasteiger partial charge in [0.15, 0.2) is 0 Å². The first-order valence-corrected chi connectivity index (χ1v) is 7.60. The zero-order valence-corrected chi connectivity index (χ0v) is 13.0. The molecule has 1 aliphatic rings. The molecule has 1 aliphatic carbocycles. The molecular weight excluding hydrogens is 289 g/mol. The highest BCUT2D eigenvalue weighted by Crippen LogP contribution is 2.41. The number of alkyl halides is 3. The molecule has 0 saturated heterocycles. The SMILES string of the molecule is CC(C)=CC[C@@]1(c2ccc(C(F)(F)F)cc2)CCCCC1=O. The normalized spacial score (nSPS) is 22.5. The number of hydrogen-bond acceptors (Lipinski definition) is 1. The van der Waals surface area contributed by atoms with Gasteiger partial charge in [-0.2, -0.15) is 13.2 Å². The Balaban J connectivity index is 2.41. The van der Waals surface area contributed by atoms with Crippen LogP contribution in [0.5, 0.6) is 0 Å². The monoisotopic (exact) mass is 310 g/mol. The number of allylic oxidation sites excluding steroid dienone is 2. The smallest absolute Gasteiger partial charge is 0.299 e. The molecule has 22 heavy (non-hydrogen) atoms. The number of Topliss-reactive ketones (excluding diaryl/α,β-unsaturated/α-hetero) is 1. The fraction of sp³-hybridized carbons (Fsp3) is 0.500. The first-order valence-electron chi connectivity index (χ1n) is 7.60. The third-order valence-corrected chi connectivity index (χ3v) is 4.41. The molecule has 1 nitrogen and oxygen atoms in total. The molecule has 1 aromatic rings. The Hall–Kier alpha value is -1.58. The molecule has 4 heteroatoms. The van der Waals surface area contributed by atoms with Gasteiger partial charge in [-0.25, -0.2) is 0 Å². The minimum absolute atomic E-state index is 0.149. The lowest BCUT2D eigenvalue weighted by Crippen LogP contribution is -2.38. The Kier molecular flexibility index (Phi) is 4.78. The van der Waals surface area contributed by atoms with Crippen molar-refractivity contribution in [3.05, 3.63) is 47.0 Å². The van der Waals surface area contributed by atoms with Gasteiger partial charge in [-0.1, -0.05) is 30.2 Å². The minimum Gasteiger partial charge on any atom is -0.299 e. The maximum Gasteiger partial charge on any atom is 0.416 e. The van der Waals surface area contributed by atoms with Crippen LogP contribution in [0.2, 0.25) is 0 Å². The molecule has 0 N–H and O–H groups in total. The van der Waals surface area contributed by atoms with E-state index in [1.54, 1.807) is 0 Å². The summed E-state index contributed by atoms with van der Waals surface area (Å²) in [6, 6.07) is 5.12. The quantitative estimate of drug-likeness (QED) is 0.679. The van der Waals surface area contributed by atoms with Crippen molar-refractivity contribution >= 4 is 5.78 Å². The summed E-state index contributed by atoms with van der Waals surface area (Å²) >= 11 is 0. The molecule has 0 spiro atoms. The molecular formula is C18H21F3O. The standard InChI is InChI=1S/C18H21F3O/c1-13(2)10-12-17(11-4-3-5-16(17)22)14-6-8-15(9-7-14)18(19,20)21/h6-10H,3-5,11-12H2,1-2H3/t17-/m1/s1. The van der Waals surface area contributed by atoms with Gasteiger partial charge in [0.05, 0.1) is 11.0 Å². The molecule has 2 rings (SSSR count). The van der Waals surface area contributed by atoms with Crippen LogP contribution in [0.4, 0.5) is 13.2 Å². The van der Waals surface area contributed by atoms with Gasteiger partial charge in [0, 0.05) is 6.42 Å². The van der Waals surface area contributed by atoms with E-state index in [1.165, 1.54) is 12.1 Å². The van der Waals surface area contributed by atoms with E-state index in [4.69, 9.17) is 0 Å². The van der Waals surface area contributed by atoms with Gasteiger partial charge in [0.25, 0.3) is 0 Å². The van der Waals surface area contributed by atoms with Gasteiger partial charge in [-0.05, 0) is 50.8 Å². The van der Waals surface area contributed by atoms with Crippen LogP contribution in [0, 0.1) is 0 Å². The van der Waals surface area contributed by atoms with Gasteiger partial charge in [0.2, 0.25) is 0 Å². The summed E-state index contributed by atoms with van der Waals surface area (Å²) in [5.41, 5.74) is 0.504. The van der Waals surface area contributed by atoms with Gasteiger partial charge in [0.1, 0.15) is 5.78 Å². The fourth-order valence-corrected chi connectivity index (χ4v) is 3.09. The van der Waals surface area contributed by atoms with E-state index >= 15 is 0 Å². The molecule has 120 valence electrons. The van der Waals surface area contributed by atoms with Crippen molar-refractivity contribution in [1.82, 2.24) is 0 Å². The van der Waals surface area contributed by atoms with Crippen LogP contribution in [-0.2, 0) is 16.4 Å². The Labute approximate surface area is 129 Å². The average molecular weight is 310 g/mol. The van der Waals surface area contributed by atoms with Crippen molar-refractivity contribution in [3.63, 3.8) is 0 Å². The predicted octanol–water partition coefficient (Wildman–Crippen LogP) is 5.44. The second kappa shape index (κ2) is 6.27. The molecule has 0 heterocycles. The third-order valence-electron chi connectivity index (χ3n) is 4.41. The van der Waals surface area contributed by atoms with Gasteiger partial charge in [-0.3, -0.25) is 4.79 Å². The van der Waals surface area contributed by atoms with Crippen molar-refractivity contribution in [2.45, 2.75) is 57.5 Å². The maximum absolute atomic E-state index is 12.7. The Morgan fingerprint density at radius 2 is 1.82 bits per heavy atom. The summed E-state index contributed by atoms with van der Waals surface area (Å²) in [7, 11) is 0. The zero-order valence-electron chi connectivity index (χ0n) is 13.0. The molecule has 0 aromatic heterocycles. The summed E-state index contributed by atoms with van der Waals surface area (Å²) < 4.78 is 38.1. The lowest BCUT2D eigenvalue weighted by molar-refractivity contribution is -0.137. The fourth-order valence-electron chi connectivity index (χ4n) is 3.09. The number of hydrogen-bond donors (Lipinski definition) is 0. The zero-order chi connectivity index (χ0) is 16.4. The van der Waals surface area contributed by atoms with Crippen molar-refractivity contribution in [3.8, 4) is 0 Å². The second-order valence-electron chi connectivity index (χ2n) is 6.27. The number of benzene rings is 1. The highest BCUT2D eigenvalue weighted by atomic mass is 19.4. The maximum atomic E-state index is 12.7. The molecule has 1 aromatic carbocycles. The molecule has 1 saturated carbocycles. The molecule has 0 bridgehead atoms. The Morgan fingerprint density at radius 1 is 1.18 bits per heavy atom. The number of carbonyl (C=O) groups is 1. The van der Waals surface area contributed by atoms with Crippen LogP contribution in [-0.4, -0.2) is 5.78 Å². The van der Waals surface area contributed by atoms with E-state index in [2.05, 4.69) is 0 Å². The number of carbonyl (C=O) groups excluding carboxylic acids is 1. The van der Waals surface area contributed by atoms with Crippen LogP contribution < -0.4 is 0 Å². The molecule has 1 atom stereocenters. The van der Waals surface area contributed by atoms with Crippen LogP contribution >= 0.6 is 0 Å². The largest absolute Gasteiger partial charge is 0.416 e. The van der Waals surface area contributed by atoms with Crippen LogP contribution in [0.15, 0.2) is 35.9 Å². The van der Waals surface area contributed by atoms with Crippen molar-refractivity contribution < 1.29 is 18.0 Å². The summed E-state index contributed by atoms with van der Waals surface area (Å²) in [5.74, 6) is 0.149. The third kappa shape index (κ3) is 3.42. The van der Waals surface area contributed by atoms with Crippen LogP contribution in [0.25, 0.3) is 0 Å². The molecule has 0 radical (unpaired) electrons. The van der Waals surface area contributed by atoms with Gasteiger partial charge >= 0.3 is 6.18 Å². The molecule has 0 aliphatic heterocycles. The highest BCUT2D eigenvalue weighted by molar-refractivity contribution is 5.91. The van der Waals surface area contributed by atoms with Gasteiger partial charge < -0.3 is 0 Å². The Morgan fingerprint density at radius 3 is 2.32 bits per heavy atom. The summed E-state index contributed by atoms with van der Waals surface area (Å²) in [5, 5.41) is 0. The number of ketones is 1. The first-order chi connectivity index (χ1) is 10.3. The summed E-state index contributed by atoms with van der Waals surface area (Å²) in [6.45, 7) is 3.93. The second-order valence-corrected chi connectivity index (χ2v) is 6.27. The topological polar surface area (TPSA) is 17.1 Å². The lowest BCUT2D eigenvalue weighted by Gasteiger charge is -2.36. The molecule has 0 unspecified atom stereocenters. The van der Waals surface area contributed by atoms with E-state index in [0.717, 1.165) is 30.5 Å². The first kappa shape index (κ1) is 16.8. The molecule has 0 amide bonds. The van der Waals surface area contributed by atoms with Crippen LogP contribution in [0.1, 0.15) is 57.1 Å². The van der Waals surface area contributed by atoms with E-state index in [-0.39, 0.29) is 5.78 Å². The van der Waals surface area contributed by atoms with Crippen LogP contribution in [0.3, 0.4) is 0 Å². The minimum atomic E-state index is -4.35. The highest BCUT2D eigenvalue weighted by Gasteiger charge is 2.41. The van der Waals surface area contributed by atoms with Crippen molar-refractivity contribution in [2.75, 3.05) is 0 Å². The summed E-state index contributed by atoms with van der Waals surface area (Å²) in [4.78, 5) is 12.6. The summed E-state index contributed by atoms with van der Waals surface area (Å²) in [6.07, 6.45) is 1.26. The van der Waals surface area contributed by atoms with E-state index in [0.29, 0.717) is 24.8 Å². The van der Waals surface area contributed by atoms with Crippen molar-refractivity contribution in [1.29, 1.82) is 0 Å². The Bertz CT molecular complexity index is 565. The van der Waals surface area contributed by atoms with E-state index in [1.807, 2.05) is 19.9 Å². The van der Waals surface area contributed by atoms with Gasteiger partial charge in [-0.15, -0.1) is 0 Å². The molecule has 1 fully saturated rings. The van der Waals surface area contributed by atoms with Crippen molar-refractivity contribution in [2.24, 2.45) is 0 Å².